The topological polar surface area (TPSA) is 102 Å². The highest BCUT2D eigenvalue weighted by Gasteiger charge is 2.34. The summed E-state index contributed by atoms with van der Waals surface area (Å²) >= 11 is 0. The van der Waals surface area contributed by atoms with Crippen molar-refractivity contribution < 1.29 is 9.32 Å². The number of carbonyl (C=O) groups excluding carboxylic acids is 1. The zero-order chi connectivity index (χ0) is 17.4. The van der Waals surface area contributed by atoms with Crippen LogP contribution in [-0.4, -0.2) is 47.1 Å². The number of amides is 1. The molecule has 9 nitrogen and oxygen atoms in total. The summed E-state index contributed by atoms with van der Waals surface area (Å²) < 4.78 is 6.86. The molecule has 1 fully saturated rings. The zero-order valence-corrected chi connectivity index (χ0v) is 14.2. The van der Waals surface area contributed by atoms with Crippen molar-refractivity contribution in [2.45, 2.75) is 45.1 Å². The Bertz CT molecular complexity index is 868. The number of hydrogen-bond donors (Lipinski definition) is 0. The number of fused-ring (bicyclic) bond motifs is 1. The van der Waals surface area contributed by atoms with Gasteiger partial charge in [0.2, 0.25) is 11.8 Å². The lowest BCUT2D eigenvalue weighted by atomic mass is 10.2. The molecule has 0 bridgehead atoms. The van der Waals surface area contributed by atoms with Gasteiger partial charge in [0.05, 0.1) is 12.5 Å². The Morgan fingerprint density at radius 1 is 1.40 bits per heavy atom. The molecule has 1 atom stereocenters. The van der Waals surface area contributed by atoms with E-state index in [1.54, 1.807) is 27.9 Å². The van der Waals surface area contributed by atoms with Crippen molar-refractivity contribution in [1.29, 1.82) is 0 Å². The summed E-state index contributed by atoms with van der Waals surface area (Å²) in [6.45, 7) is 4.68. The van der Waals surface area contributed by atoms with Crippen LogP contribution in [0.1, 0.15) is 56.2 Å². The fraction of sp³-hybridized carbons (Fsp3) is 0.500. The molecule has 1 amide bonds. The lowest BCUT2D eigenvalue weighted by Crippen LogP contribution is -2.32. The van der Waals surface area contributed by atoms with Crippen molar-refractivity contribution >= 4 is 11.7 Å². The quantitative estimate of drug-likeness (QED) is 0.709. The van der Waals surface area contributed by atoms with Gasteiger partial charge in [-0.1, -0.05) is 19.0 Å². The highest BCUT2D eigenvalue weighted by Crippen LogP contribution is 2.31. The second kappa shape index (κ2) is 6.23. The van der Waals surface area contributed by atoms with Crippen LogP contribution in [0.3, 0.4) is 0 Å². The maximum absolute atomic E-state index is 12.7. The molecule has 25 heavy (non-hydrogen) atoms. The molecule has 0 spiro atoms. The number of carbonyl (C=O) groups is 1. The minimum absolute atomic E-state index is 0.0331. The van der Waals surface area contributed by atoms with Crippen LogP contribution in [0.25, 0.3) is 5.78 Å². The molecule has 130 valence electrons. The molecule has 0 N–H and O–H groups in total. The molecule has 4 heterocycles. The van der Waals surface area contributed by atoms with Crippen molar-refractivity contribution in [3.8, 4) is 0 Å². The molecule has 9 heteroatoms. The molecule has 0 aromatic carbocycles. The summed E-state index contributed by atoms with van der Waals surface area (Å²) in [6, 6.07) is 1.63. The van der Waals surface area contributed by atoms with Crippen LogP contribution in [-0.2, 0) is 11.2 Å². The largest absolute Gasteiger partial charge is 0.339 e. The molecule has 1 saturated heterocycles. The lowest BCUT2D eigenvalue weighted by Gasteiger charge is -2.21. The third-order valence-corrected chi connectivity index (χ3v) is 4.29. The van der Waals surface area contributed by atoms with Crippen molar-refractivity contribution in [3.63, 3.8) is 0 Å². The van der Waals surface area contributed by atoms with Crippen molar-refractivity contribution in [2.24, 2.45) is 0 Å². The maximum atomic E-state index is 12.7. The fourth-order valence-corrected chi connectivity index (χ4v) is 3.04. The summed E-state index contributed by atoms with van der Waals surface area (Å²) in [5, 5.41) is 8.36. The number of aromatic nitrogens is 6. The predicted octanol–water partition coefficient (Wildman–Crippen LogP) is 1.54. The van der Waals surface area contributed by atoms with Gasteiger partial charge >= 0.3 is 0 Å². The highest BCUT2D eigenvalue weighted by atomic mass is 16.5. The Morgan fingerprint density at radius 3 is 3.04 bits per heavy atom. The van der Waals surface area contributed by atoms with E-state index in [1.807, 2.05) is 13.8 Å². The average molecular weight is 341 g/mol. The van der Waals surface area contributed by atoms with Gasteiger partial charge in [0, 0.05) is 24.9 Å². The third kappa shape index (κ3) is 2.97. The SMILES string of the molecule is CC(C)c1nc(C2CCCN2C(=O)Cc2nc3ncccn3n2)no1. The van der Waals surface area contributed by atoms with E-state index in [2.05, 4.69) is 25.2 Å². The van der Waals surface area contributed by atoms with Crippen molar-refractivity contribution in [3.05, 3.63) is 36.0 Å². The minimum atomic E-state index is -0.140. The van der Waals surface area contributed by atoms with Crippen molar-refractivity contribution in [1.82, 2.24) is 34.6 Å². The Balaban J connectivity index is 1.51. The summed E-state index contributed by atoms with van der Waals surface area (Å²) in [7, 11) is 0. The van der Waals surface area contributed by atoms with E-state index < -0.39 is 0 Å². The van der Waals surface area contributed by atoms with Crippen LogP contribution in [0, 0.1) is 0 Å². The molecule has 1 aliphatic heterocycles. The zero-order valence-electron chi connectivity index (χ0n) is 14.2. The predicted molar refractivity (Wildman–Crippen MR) is 86.6 cm³/mol. The summed E-state index contributed by atoms with van der Waals surface area (Å²) in [4.78, 5) is 27.4. The number of likely N-dealkylation sites (tertiary alicyclic amines) is 1. The van der Waals surface area contributed by atoms with E-state index in [-0.39, 0.29) is 24.3 Å². The number of rotatable bonds is 4. The van der Waals surface area contributed by atoms with Crippen LogP contribution >= 0.6 is 0 Å². The van der Waals surface area contributed by atoms with Crippen LogP contribution in [0.4, 0.5) is 0 Å². The maximum Gasteiger partial charge on any atom is 0.252 e. The standard InChI is InChI=1S/C16H19N7O2/c1-10(2)15-19-14(21-25-15)11-5-3-7-22(11)13(24)9-12-18-16-17-6-4-8-23(16)20-12/h4,6,8,10-11H,3,5,7,9H2,1-2H3. The molecule has 3 aromatic heterocycles. The van der Waals surface area contributed by atoms with Gasteiger partial charge in [-0.3, -0.25) is 4.79 Å². The van der Waals surface area contributed by atoms with Gasteiger partial charge in [-0.05, 0) is 18.9 Å². The molecule has 0 radical (unpaired) electrons. The van der Waals surface area contributed by atoms with Gasteiger partial charge in [0.25, 0.3) is 5.78 Å². The first kappa shape index (κ1) is 15.7. The van der Waals surface area contributed by atoms with Crippen LogP contribution in [0.5, 0.6) is 0 Å². The van der Waals surface area contributed by atoms with E-state index >= 15 is 0 Å². The van der Waals surface area contributed by atoms with Gasteiger partial charge in [0.1, 0.15) is 0 Å². The van der Waals surface area contributed by atoms with Gasteiger partial charge in [-0.2, -0.15) is 9.97 Å². The molecule has 0 saturated carbocycles. The summed E-state index contributed by atoms with van der Waals surface area (Å²) in [6.07, 6.45) is 5.29. The molecule has 4 rings (SSSR count). The van der Waals surface area contributed by atoms with E-state index in [1.165, 1.54) is 0 Å². The van der Waals surface area contributed by atoms with Gasteiger partial charge in [-0.15, -0.1) is 5.10 Å². The monoisotopic (exact) mass is 341 g/mol. The van der Waals surface area contributed by atoms with E-state index in [0.717, 1.165) is 12.8 Å². The molecule has 1 aliphatic rings. The Hall–Kier alpha value is -2.84. The minimum Gasteiger partial charge on any atom is -0.339 e. The molecular weight excluding hydrogens is 322 g/mol. The number of nitrogens with zero attached hydrogens (tertiary/aromatic N) is 7. The van der Waals surface area contributed by atoms with Crippen LogP contribution in [0.15, 0.2) is 23.0 Å². The molecular formula is C16H19N7O2. The van der Waals surface area contributed by atoms with Gasteiger partial charge in [0.15, 0.2) is 11.6 Å². The van der Waals surface area contributed by atoms with E-state index in [4.69, 9.17) is 4.52 Å². The fourth-order valence-electron chi connectivity index (χ4n) is 3.04. The second-order valence-electron chi connectivity index (χ2n) is 6.46. The van der Waals surface area contributed by atoms with E-state index in [9.17, 15) is 4.79 Å². The van der Waals surface area contributed by atoms with Gasteiger partial charge in [-0.25, -0.2) is 9.50 Å². The normalized spacial score (nSPS) is 17.7. The van der Waals surface area contributed by atoms with Gasteiger partial charge < -0.3 is 9.42 Å². The Morgan fingerprint density at radius 2 is 2.28 bits per heavy atom. The first-order valence-corrected chi connectivity index (χ1v) is 8.41. The van der Waals surface area contributed by atoms with E-state index in [0.29, 0.717) is 29.9 Å². The van der Waals surface area contributed by atoms with Crippen LogP contribution < -0.4 is 0 Å². The second-order valence-corrected chi connectivity index (χ2v) is 6.46. The Kier molecular flexibility index (Phi) is 3.90. The lowest BCUT2D eigenvalue weighted by molar-refractivity contribution is -0.131. The highest BCUT2D eigenvalue weighted by molar-refractivity contribution is 5.78. The van der Waals surface area contributed by atoms with Crippen molar-refractivity contribution in [2.75, 3.05) is 6.54 Å². The first-order chi connectivity index (χ1) is 12.1. The summed E-state index contributed by atoms with van der Waals surface area (Å²) in [5.74, 6) is 2.27. The molecule has 1 unspecified atom stereocenters. The number of hydrogen-bond acceptors (Lipinski definition) is 7. The third-order valence-electron chi connectivity index (χ3n) is 4.29. The smallest absolute Gasteiger partial charge is 0.252 e. The Labute approximate surface area is 144 Å². The summed E-state index contributed by atoms with van der Waals surface area (Å²) in [5.41, 5.74) is 0. The first-order valence-electron chi connectivity index (χ1n) is 8.41. The molecule has 3 aromatic rings. The average Bonchev–Trinajstić information content (AvgIpc) is 3.32. The van der Waals surface area contributed by atoms with Crippen LogP contribution in [0.2, 0.25) is 0 Å². The molecule has 0 aliphatic carbocycles.